The van der Waals surface area contributed by atoms with Crippen LogP contribution in [0.1, 0.15) is 22.8 Å². The molecule has 0 saturated carbocycles. The summed E-state index contributed by atoms with van der Waals surface area (Å²) in [6.45, 7) is 0. The molecule has 0 aromatic heterocycles. The molecule has 3 nitrogen and oxygen atoms in total. The van der Waals surface area contributed by atoms with E-state index >= 15 is 0 Å². The topological polar surface area (TPSA) is 53.0 Å². The fourth-order valence-corrected chi connectivity index (χ4v) is 4.69. The van der Waals surface area contributed by atoms with Crippen molar-refractivity contribution in [2.45, 2.75) is 23.9 Å². The Kier molecular flexibility index (Phi) is 1.94. The van der Waals surface area contributed by atoms with E-state index in [1.165, 1.54) is 16.3 Å². The Bertz CT molecular complexity index is 1010. The van der Waals surface area contributed by atoms with Gasteiger partial charge < -0.3 is 14.9 Å². The normalized spacial score (nSPS) is 32.3. The molecule has 3 heteroatoms. The average Bonchev–Trinajstić information content (AvgIpc) is 3.28. The summed E-state index contributed by atoms with van der Waals surface area (Å²) in [6, 6.07) is 18.5. The molecule has 0 unspecified atom stereocenters. The zero-order valence-corrected chi connectivity index (χ0v) is 12.2. The zero-order valence-electron chi connectivity index (χ0n) is 12.2. The van der Waals surface area contributed by atoms with Crippen molar-refractivity contribution < 1.29 is 14.9 Å². The van der Waals surface area contributed by atoms with Gasteiger partial charge in [0.2, 0.25) is 0 Å². The third-order valence-corrected chi connectivity index (χ3v) is 5.68. The lowest BCUT2D eigenvalue weighted by atomic mass is 9.79. The molecule has 0 bridgehead atoms. The third kappa shape index (κ3) is 1.18. The Morgan fingerprint density at radius 3 is 2.70 bits per heavy atom. The Morgan fingerprint density at radius 2 is 1.78 bits per heavy atom. The number of aliphatic hydroxyl groups excluding tert-OH is 2. The molecular weight excluding hydrogens is 288 g/mol. The Labute approximate surface area is 132 Å². The van der Waals surface area contributed by atoms with Gasteiger partial charge in [0.05, 0.1) is 0 Å². The average molecular weight is 302 g/mol. The number of rotatable bonds is 0. The lowest BCUT2D eigenvalue weighted by Gasteiger charge is -2.26. The van der Waals surface area contributed by atoms with E-state index in [2.05, 4.69) is 30.3 Å². The lowest BCUT2D eigenvalue weighted by Crippen LogP contribution is -2.34. The predicted octanol–water partition coefficient (Wildman–Crippen LogP) is 2.87. The maximum Gasteiger partial charge on any atom is 0.149 e. The minimum atomic E-state index is -0.883. The highest BCUT2D eigenvalue weighted by Crippen LogP contribution is 2.67. The Morgan fingerprint density at radius 1 is 0.913 bits per heavy atom. The van der Waals surface area contributed by atoms with Crippen LogP contribution in [0.5, 0.6) is 0 Å². The van der Waals surface area contributed by atoms with Crippen LogP contribution < -0.4 is 0 Å². The Balaban J connectivity index is 1.81. The van der Waals surface area contributed by atoms with Gasteiger partial charge in [0.25, 0.3) is 0 Å². The van der Waals surface area contributed by atoms with Crippen LogP contribution in [0.15, 0.2) is 54.6 Å². The van der Waals surface area contributed by atoms with Crippen LogP contribution in [0, 0.1) is 0 Å². The van der Waals surface area contributed by atoms with Gasteiger partial charge >= 0.3 is 0 Å². The molecule has 3 aromatic carbocycles. The molecule has 2 N–H and O–H groups in total. The quantitative estimate of drug-likeness (QED) is 0.628. The van der Waals surface area contributed by atoms with Crippen LogP contribution in [-0.4, -0.2) is 22.4 Å². The Hall–Kier alpha value is -2.20. The lowest BCUT2D eigenvalue weighted by molar-refractivity contribution is -0.000531. The first kappa shape index (κ1) is 12.3. The summed E-state index contributed by atoms with van der Waals surface area (Å²) in [5.41, 5.74) is 4.71. The van der Waals surface area contributed by atoms with Gasteiger partial charge in [-0.3, -0.25) is 0 Å². The number of ether oxygens (including phenoxy) is 1. The van der Waals surface area contributed by atoms with E-state index in [0.717, 1.165) is 22.3 Å². The van der Waals surface area contributed by atoms with Crippen molar-refractivity contribution in [1.82, 2.24) is 0 Å². The summed E-state index contributed by atoms with van der Waals surface area (Å²) in [7, 11) is 0. The van der Waals surface area contributed by atoms with E-state index in [0.29, 0.717) is 0 Å². The van der Waals surface area contributed by atoms with Crippen molar-refractivity contribution in [3.8, 4) is 11.1 Å². The number of epoxide rings is 1. The maximum atomic E-state index is 10.5. The van der Waals surface area contributed by atoms with Crippen molar-refractivity contribution in [2.24, 2.45) is 0 Å². The second-order valence-corrected chi connectivity index (χ2v) is 6.69. The maximum absolute atomic E-state index is 10.5. The zero-order chi connectivity index (χ0) is 15.3. The number of hydrogen-bond donors (Lipinski definition) is 2. The number of benzene rings is 3. The molecule has 3 aromatic rings. The fraction of sp³-hybridized carbons (Fsp3) is 0.200. The molecule has 1 aliphatic heterocycles. The first-order valence-electron chi connectivity index (χ1n) is 7.93. The molecule has 112 valence electrons. The van der Waals surface area contributed by atoms with Crippen molar-refractivity contribution in [1.29, 1.82) is 0 Å². The molecule has 4 atom stereocenters. The predicted molar refractivity (Wildman–Crippen MR) is 86.0 cm³/mol. The molecule has 2 aliphatic carbocycles. The van der Waals surface area contributed by atoms with Crippen molar-refractivity contribution in [3.05, 3.63) is 71.3 Å². The third-order valence-electron chi connectivity index (χ3n) is 5.68. The van der Waals surface area contributed by atoms with Gasteiger partial charge in [-0.1, -0.05) is 54.6 Å². The molecule has 1 heterocycles. The van der Waals surface area contributed by atoms with Crippen molar-refractivity contribution in [3.63, 3.8) is 0 Å². The van der Waals surface area contributed by atoms with E-state index in [1.54, 1.807) is 0 Å². The van der Waals surface area contributed by atoms with Gasteiger partial charge in [-0.05, 0) is 33.0 Å². The second-order valence-electron chi connectivity index (χ2n) is 6.69. The highest BCUT2D eigenvalue weighted by molar-refractivity contribution is 6.03. The van der Waals surface area contributed by atoms with Crippen LogP contribution in [-0.2, 0) is 10.3 Å². The number of fused-ring (bicyclic) bond motifs is 4. The standard InChI is InChI=1S/C20H14O3/c21-17-13-7-3-6-12-15-11-5-2-1-4-10(11)8-9-14(15)20(16(12)13)19(23-20)18(17)22/h1-9,17-19,21-22H/t17-,18+,19+,20-/m0/s1. The largest absolute Gasteiger partial charge is 0.387 e. The van der Waals surface area contributed by atoms with Crippen LogP contribution in [0.25, 0.3) is 21.9 Å². The summed E-state index contributed by atoms with van der Waals surface area (Å²) >= 11 is 0. The van der Waals surface area contributed by atoms with Crippen molar-refractivity contribution in [2.75, 3.05) is 0 Å². The van der Waals surface area contributed by atoms with Gasteiger partial charge in [0.15, 0.2) is 0 Å². The monoisotopic (exact) mass is 302 g/mol. The van der Waals surface area contributed by atoms with Gasteiger partial charge in [-0.15, -0.1) is 0 Å². The van der Waals surface area contributed by atoms with Crippen LogP contribution in [0.4, 0.5) is 0 Å². The van der Waals surface area contributed by atoms with Crippen molar-refractivity contribution >= 4 is 10.8 Å². The molecule has 3 aliphatic rings. The fourth-order valence-electron chi connectivity index (χ4n) is 4.69. The minimum absolute atomic E-state index is 0.353. The van der Waals surface area contributed by atoms with Crippen LogP contribution in [0.3, 0.4) is 0 Å². The highest BCUT2D eigenvalue weighted by Gasteiger charge is 2.70. The minimum Gasteiger partial charge on any atom is -0.387 e. The molecule has 6 rings (SSSR count). The van der Waals surface area contributed by atoms with Gasteiger partial charge in [0.1, 0.15) is 23.9 Å². The molecule has 1 spiro atoms. The van der Waals surface area contributed by atoms with E-state index < -0.39 is 17.8 Å². The van der Waals surface area contributed by atoms with Gasteiger partial charge in [-0.25, -0.2) is 0 Å². The summed E-state index contributed by atoms with van der Waals surface area (Å²) in [4.78, 5) is 0. The molecular formula is C20H14O3. The summed E-state index contributed by atoms with van der Waals surface area (Å²) in [5.74, 6) is 0. The van der Waals surface area contributed by atoms with E-state index in [1.807, 2.05) is 24.3 Å². The molecule has 0 radical (unpaired) electrons. The van der Waals surface area contributed by atoms with Gasteiger partial charge in [0, 0.05) is 5.56 Å². The number of aliphatic hydroxyl groups is 2. The molecule has 0 amide bonds. The molecule has 23 heavy (non-hydrogen) atoms. The number of hydrogen-bond acceptors (Lipinski definition) is 3. The molecule has 1 saturated heterocycles. The second kappa shape index (κ2) is 3.65. The first-order chi connectivity index (χ1) is 11.2. The summed E-state index contributed by atoms with van der Waals surface area (Å²) in [5, 5.41) is 23.3. The smallest absolute Gasteiger partial charge is 0.149 e. The summed E-state index contributed by atoms with van der Waals surface area (Å²) in [6.07, 6.45) is -2.12. The first-order valence-corrected chi connectivity index (χ1v) is 7.93. The van der Waals surface area contributed by atoms with Crippen LogP contribution in [0.2, 0.25) is 0 Å². The van der Waals surface area contributed by atoms with E-state index in [4.69, 9.17) is 4.74 Å². The highest BCUT2D eigenvalue weighted by atomic mass is 16.6. The summed E-state index contributed by atoms with van der Waals surface area (Å²) < 4.78 is 6.04. The van der Waals surface area contributed by atoms with E-state index in [-0.39, 0.29) is 6.10 Å². The van der Waals surface area contributed by atoms with Crippen LogP contribution >= 0.6 is 0 Å². The molecule has 1 fully saturated rings. The van der Waals surface area contributed by atoms with Gasteiger partial charge in [-0.2, -0.15) is 0 Å². The SMILES string of the molecule is O[C@H]1[C@H]2O[C@]23c2ccc4ccccc4c2-c2cccc(c23)[C@@H]1O. The van der Waals surface area contributed by atoms with E-state index in [9.17, 15) is 10.2 Å².